The zero-order valence-electron chi connectivity index (χ0n) is 15.3. The van der Waals surface area contributed by atoms with E-state index in [2.05, 4.69) is 58.3 Å². The van der Waals surface area contributed by atoms with E-state index < -0.39 is 0 Å². The van der Waals surface area contributed by atoms with Crippen molar-refractivity contribution in [3.05, 3.63) is 46.2 Å². The van der Waals surface area contributed by atoms with Gasteiger partial charge in [-0.1, -0.05) is 49.4 Å². The van der Waals surface area contributed by atoms with Crippen LogP contribution in [0.5, 0.6) is 0 Å². The highest BCUT2D eigenvalue weighted by Gasteiger charge is 2.32. The molecule has 0 aliphatic carbocycles. The Bertz CT molecular complexity index is 944. The van der Waals surface area contributed by atoms with Crippen molar-refractivity contribution in [2.45, 2.75) is 46.1 Å². The van der Waals surface area contributed by atoms with E-state index in [4.69, 9.17) is 0 Å². The lowest BCUT2D eigenvalue weighted by atomic mass is 9.86. The number of rotatable bonds is 4. The molecule has 4 rings (SSSR count). The molecule has 1 unspecified atom stereocenters. The quantitative estimate of drug-likeness (QED) is 0.708. The number of amides is 1. The molecule has 2 aromatic heterocycles. The Hall–Kier alpha value is -2.28. The molecule has 1 aliphatic rings. The Balaban J connectivity index is 1.50. The maximum atomic E-state index is 13.0. The monoisotopic (exact) mass is 369 g/mol. The molecule has 0 radical (unpaired) electrons. The second kappa shape index (κ2) is 6.79. The van der Waals surface area contributed by atoms with E-state index in [9.17, 15) is 4.79 Å². The van der Waals surface area contributed by atoms with E-state index in [1.165, 1.54) is 22.5 Å². The molecular formula is C19H23N5OS. The maximum absolute atomic E-state index is 13.0. The van der Waals surface area contributed by atoms with Crippen molar-refractivity contribution in [3.63, 3.8) is 0 Å². The number of hydrogen-bond donors (Lipinski definition) is 0. The predicted molar refractivity (Wildman–Crippen MR) is 101 cm³/mol. The van der Waals surface area contributed by atoms with Crippen LogP contribution in [-0.4, -0.2) is 37.2 Å². The van der Waals surface area contributed by atoms with Gasteiger partial charge >= 0.3 is 0 Å². The van der Waals surface area contributed by atoms with Gasteiger partial charge in [-0.15, -0.1) is 10.2 Å². The Labute approximate surface area is 156 Å². The molecule has 0 saturated heterocycles. The number of benzene rings is 1. The third-order valence-corrected chi connectivity index (χ3v) is 5.98. The Kier molecular flexibility index (Phi) is 4.48. The number of aromatic nitrogens is 4. The van der Waals surface area contributed by atoms with Gasteiger partial charge < -0.3 is 4.90 Å². The van der Waals surface area contributed by atoms with Crippen LogP contribution in [0.2, 0.25) is 0 Å². The standard InChI is InChI=1S/C19H23N5OS/c1-12(2)18-15-7-5-4-6-14(15)10-11-23(18)17(25)9-8-16-22-24-13(3)20-21-19(24)26-16/h4-7,12,18H,8-11H2,1-3H3. The molecular weight excluding hydrogens is 346 g/mol. The number of carbonyl (C=O) groups is 1. The van der Waals surface area contributed by atoms with Crippen molar-refractivity contribution in [2.75, 3.05) is 6.54 Å². The summed E-state index contributed by atoms with van der Waals surface area (Å²) in [5.74, 6) is 1.37. The number of hydrogen-bond acceptors (Lipinski definition) is 5. The van der Waals surface area contributed by atoms with Gasteiger partial charge in [-0.05, 0) is 30.4 Å². The van der Waals surface area contributed by atoms with E-state index in [1.807, 2.05) is 6.92 Å². The topological polar surface area (TPSA) is 63.4 Å². The van der Waals surface area contributed by atoms with Gasteiger partial charge in [0, 0.05) is 19.4 Å². The van der Waals surface area contributed by atoms with Crippen LogP contribution in [0.3, 0.4) is 0 Å². The van der Waals surface area contributed by atoms with Gasteiger partial charge in [0.15, 0.2) is 5.82 Å². The molecule has 1 amide bonds. The second-order valence-electron chi connectivity index (χ2n) is 7.16. The van der Waals surface area contributed by atoms with Gasteiger partial charge in [0.05, 0.1) is 6.04 Å². The highest BCUT2D eigenvalue weighted by Crippen LogP contribution is 2.35. The Morgan fingerprint density at radius 3 is 2.88 bits per heavy atom. The molecule has 136 valence electrons. The average Bonchev–Trinajstić information content (AvgIpc) is 3.20. The molecule has 0 bridgehead atoms. The molecule has 3 heterocycles. The van der Waals surface area contributed by atoms with Crippen LogP contribution in [0.4, 0.5) is 0 Å². The van der Waals surface area contributed by atoms with Crippen molar-refractivity contribution in [1.82, 2.24) is 24.7 Å². The summed E-state index contributed by atoms with van der Waals surface area (Å²) in [4.78, 5) is 15.8. The van der Waals surface area contributed by atoms with E-state index in [0.29, 0.717) is 18.8 Å². The molecule has 7 heteroatoms. The number of aryl methyl sites for hydroxylation is 2. The molecule has 1 aliphatic heterocycles. The number of fused-ring (bicyclic) bond motifs is 2. The maximum Gasteiger partial charge on any atom is 0.234 e. The molecule has 26 heavy (non-hydrogen) atoms. The van der Waals surface area contributed by atoms with Gasteiger partial charge in [0.2, 0.25) is 10.9 Å². The van der Waals surface area contributed by atoms with Crippen LogP contribution in [0.1, 0.15) is 48.3 Å². The summed E-state index contributed by atoms with van der Waals surface area (Å²) in [7, 11) is 0. The molecule has 0 saturated carbocycles. The molecule has 0 fully saturated rings. The summed E-state index contributed by atoms with van der Waals surface area (Å²) in [5.41, 5.74) is 2.68. The fourth-order valence-corrected chi connectivity index (χ4v) is 4.69. The third kappa shape index (κ3) is 3.00. The zero-order valence-corrected chi connectivity index (χ0v) is 16.2. The van der Waals surface area contributed by atoms with Gasteiger partial charge in [-0.3, -0.25) is 4.79 Å². The number of nitrogens with zero attached hydrogens (tertiary/aromatic N) is 5. The molecule has 1 aromatic carbocycles. The molecule has 0 spiro atoms. The smallest absolute Gasteiger partial charge is 0.234 e. The largest absolute Gasteiger partial charge is 0.335 e. The third-order valence-electron chi connectivity index (χ3n) is 5.02. The average molecular weight is 369 g/mol. The first-order valence-electron chi connectivity index (χ1n) is 9.09. The summed E-state index contributed by atoms with van der Waals surface area (Å²) >= 11 is 1.51. The SMILES string of the molecule is Cc1nnc2sc(CCC(=O)N3CCc4ccccc4C3C(C)C)nn12. The lowest BCUT2D eigenvalue weighted by Crippen LogP contribution is -2.42. The summed E-state index contributed by atoms with van der Waals surface area (Å²) < 4.78 is 1.75. The van der Waals surface area contributed by atoms with Crippen molar-refractivity contribution in [2.24, 2.45) is 5.92 Å². The van der Waals surface area contributed by atoms with E-state index in [0.717, 1.165) is 28.8 Å². The minimum Gasteiger partial charge on any atom is -0.335 e. The highest BCUT2D eigenvalue weighted by atomic mass is 32.1. The van der Waals surface area contributed by atoms with Gasteiger partial charge in [-0.2, -0.15) is 9.61 Å². The minimum absolute atomic E-state index is 0.160. The molecule has 3 aromatic rings. The first-order valence-corrected chi connectivity index (χ1v) is 9.91. The van der Waals surface area contributed by atoms with Crippen LogP contribution >= 0.6 is 11.3 Å². The van der Waals surface area contributed by atoms with Gasteiger partial charge in [0.25, 0.3) is 0 Å². The van der Waals surface area contributed by atoms with Crippen LogP contribution in [0.25, 0.3) is 4.96 Å². The normalized spacial score (nSPS) is 17.1. The second-order valence-corrected chi connectivity index (χ2v) is 8.20. The van der Waals surface area contributed by atoms with Gasteiger partial charge in [-0.25, -0.2) is 0 Å². The number of carbonyl (C=O) groups excluding carboxylic acids is 1. The summed E-state index contributed by atoms with van der Waals surface area (Å²) in [6.07, 6.45) is 2.06. The fourth-order valence-electron chi connectivity index (χ4n) is 3.81. The van der Waals surface area contributed by atoms with E-state index >= 15 is 0 Å². The van der Waals surface area contributed by atoms with Crippen LogP contribution in [0.15, 0.2) is 24.3 Å². The van der Waals surface area contributed by atoms with Crippen molar-refractivity contribution < 1.29 is 4.79 Å². The Morgan fingerprint density at radius 2 is 2.12 bits per heavy atom. The molecule has 0 N–H and O–H groups in total. The van der Waals surface area contributed by atoms with Crippen LogP contribution < -0.4 is 0 Å². The van der Waals surface area contributed by atoms with Crippen molar-refractivity contribution in [1.29, 1.82) is 0 Å². The predicted octanol–water partition coefficient (Wildman–Crippen LogP) is 3.21. The molecule has 6 nitrogen and oxygen atoms in total. The molecule has 1 atom stereocenters. The first kappa shape index (κ1) is 17.1. The summed E-state index contributed by atoms with van der Waals surface area (Å²) in [5, 5.41) is 13.5. The van der Waals surface area contributed by atoms with Crippen molar-refractivity contribution in [3.8, 4) is 0 Å². The Morgan fingerprint density at radius 1 is 1.31 bits per heavy atom. The van der Waals surface area contributed by atoms with Crippen molar-refractivity contribution >= 4 is 22.2 Å². The lowest BCUT2D eigenvalue weighted by molar-refractivity contribution is -0.135. The van der Waals surface area contributed by atoms with Crippen LogP contribution in [-0.2, 0) is 17.6 Å². The van der Waals surface area contributed by atoms with Gasteiger partial charge in [0.1, 0.15) is 5.01 Å². The zero-order chi connectivity index (χ0) is 18.3. The summed E-state index contributed by atoms with van der Waals surface area (Å²) in [6, 6.07) is 8.68. The van der Waals surface area contributed by atoms with Crippen LogP contribution in [0, 0.1) is 12.8 Å². The fraction of sp³-hybridized carbons (Fsp3) is 0.474. The first-order chi connectivity index (χ1) is 12.5. The van der Waals surface area contributed by atoms with E-state index in [-0.39, 0.29) is 11.9 Å². The summed E-state index contributed by atoms with van der Waals surface area (Å²) in [6.45, 7) is 7.06. The minimum atomic E-state index is 0.160. The lowest BCUT2D eigenvalue weighted by Gasteiger charge is -2.40. The highest BCUT2D eigenvalue weighted by molar-refractivity contribution is 7.16. The van der Waals surface area contributed by atoms with E-state index in [1.54, 1.807) is 4.52 Å².